The summed E-state index contributed by atoms with van der Waals surface area (Å²) >= 11 is 6.18. The van der Waals surface area contributed by atoms with E-state index in [1.54, 1.807) is 11.7 Å². The van der Waals surface area contributed by atoms with Gasteiger partial charge in [0.15, 0.2) is 4.34 Å². The number of nitrogens with two attached hydrogens (primary N) is 1. The fourth-order valence-corrected chi connectivity index (χ4v) is 2.54. The maximum absolute atomic E-state index is 5.47. The third kappa shape index (κ3) is 2.20. The first-order chi connectivity index (χ1) is 6.75. The summed E-state index contributed by atoms with van der Waals surface area (Å²) < 4.78 is 1.62. The Morgan fingerprint density at radius 3 is 3.07 bits per heavy atom. The van der Waals surface area contributed by atoms with Gasteiger partial charge in [-0.25, -0.2) is 9.97 Å². The van der Waals surface area contributed by atoms with Crippen molar-refractivity contribution in [3.8, 4) is 0 Å². The summed E-state index contributed by atoms with van der Waals surface area (Å²) in [5.74, 6) is 0.250. The molecule has 2 rings (SSSR count). The molecule has 0 fully saturated rings. The van der Waals surface area contributed by atoms with Crippen molar-refractivity contribution in [2.45, 2.75) is 9.37 Å². The Bertz CT molecular complexity index is 432. The maximum atomic E-state index is 5.47. The number of halogens is 1. The minimum Gasteiger partial charge on any atom is -0.368 e. The normalized spacial score (nSPS) is 10.4. The summed E-state index contributed by atoms with van der Waals surface area (Å²) in [4.78, 5) is 7.91. The molecule has 0 amide bonds. The first-order valence-corrected chi connectivity index (χ1v) is 5.96. The van der Waals surface area contributed by atoms with Crippen LogP contribution in [0.15, 0.2) is 25.5 Å². The van der Waals surface area contributed by atoms with Crippen LogP contribution in [0.2, 0.25) is 0 Å². The number of hydrogen-bond donors (Lipinski definition) is 1. The Morgan fingerprint density at radius 2 is 2.36 bits per heavy atom. The van der Waals surface area contributed by atoms with Crippen molar-refractivity contribution in [1.82, 2.24) is 20.2 Å². The van der Waals surface area contributed by atoms with Gasteiger partial charge in [0.2, 0.25) is 5.95 Å². The zero-order chi connectivity index (χ0) is 9.97. The molecule has 0 bridgehead atoms. The maximum Gasteiger partial charge on any atom is 0.221 e. The molecule has 0 aliphatic heterocycles. The van der Waals surface area contributed by atoms with Crippen LogP contribution in [-0.2, 0) is 0 Å². The van der Waals surface area contributed by atoms with E-state index in [0.29, 0.717) is 0 Å². The standard InChI is InChI=1S/C6H4BrN5S2/c7-3-1-9-5(8)11-4(3)14-6-12-10-2-13-6/h1-2H,(H2,8,9,11). The molecule has 72 valence electrons. The van der Waals surface area contributed by atoms with Crippen LogP contribution in [0.4, 0.5) is 5.95 Å². The SMILES string of the molecule is Nc1ncc(Br)c(Sc2nncs2)n1. The number of nitrogen functional groups attached to an aromatic ring is 1. The van der Waals surface area contributed by atoms with Gasteiger partial charge in [0.1, 0.15) is 10.5 Å². The van der Waals surface area contributed by atoms with E-state index >= 15 is 0 Å². The number of aromatic nitrogens is 4. The van der Waals surface area contributed by atoms with E-state index in [9.17, 15) is 0 Å². The van der Waals surface area contributed by atoms with E-state index in [0.717, 1.165) is 13.8 Å². The molecule has 0 radical (unpaired) electrons. The minimum absolute atomic E-state index is 0.250. The molecule has 5 nitrogen and oxygen atoms in total. The Kier molecular flexibility index (Phi) is 2.94. The molecule has 0 aliphatic rings. The average Bonchev–Trinajstić information content (AvgIpc) is 2.64. The monoisotopic (exact) mass is 289 g/mol. The van der Waals surface area contributed by atoms with Crippen LogP contribution >= 0.6 is 39.0 Å². The van der Waals surface area contributed by atoms with Crippen molar-refractivity contribution in [1.29, 1.82) is 0 Å². The molecule has 0 saturated heterocycles. The van der Waals surface area contributed by atoms with Crippen LogP contribution in [0.25, 0.3) is 0 Å². The Balaban J connectivity index is 2.28. The fourth-order valence-electron chi connectivity index (χ4n) is 0.726. The second-order valence-electron chi connectivity index (χ2n) is 2.19. The van der Waals surface area contributed by atoms with Gasteiger partial charge >= 0.3 is 0 Å². The second kappa shape index (κ2) is 4.20. The molecule has 14 heavy (non-hydrogen) atoms. The average molecular weight is 290 g/mol. The van der Waals surface area contributed by atoms with Gasteiger partial charge in [-0.3, -0.25) is 0 Å². The highest BCUT2D eigenvalue weighted by Crippen LogP contribution is 2.32. The molecule has 2 heterocycles. The molecular weight excluding hydrogens is 286 g/mol. The predicted molar refractivity (Wildman–Crippen MR) is 58.2 cm³/mol. The molecule has 0 aliphatic carbocycles. The largest absolute Gasteiger partial charge is 0.368 e. The first-order valence-electron chi connectivity index (χ1n) is 3.48. The third-order valence-electron chi connectivity index (χ3n) is 1.25. The molecule has 0 aromatic carbocycles. The van der Waals surface area contributed by atoms with Crippen molar-refractivity contribution in [2.75, 3.05) is 5.73 Å². The molecule has 2 aromatic heterocycles. The number of anilines is 1. The fraction of sp³-hybridized carbons (Fsp3) is 0. The van der Waals surface area contributed by atoms with Gasteiger partial charge in [-0.05, 0) is 27.7 Å². The highest BCUT2D eigenvalue weighted by Gasteiger charge is 2.07. The second-order valence-corrected chi connectivity index (χ2v) is 5.11. The quantitative estimate of drug-likeness (QED) is 0.850. The number of hydrogen-bond acceptors (Lipinski definition) is 7. The zero-order valence-electron chi connectivity index (χ0n) is 6.72. The van der Waals surface area contributed by atoms with E-state index in [-0.39, 0.29) is 5.95 Å². The molecule has 8 heteroatoms. The molecule has 0 saturated carbocycles. The van der Waals surface area contributed by atoms with E-state index in [2.05, 4.69) is 36.1 Å². The minimum atomic E-state index is 0.250. The lowest BCUT2D eigenvalue weighted by molar-refractivity contribution is 0.997. The van der Waals surface area contributed by atoms with Crippen molar-refractivity contribution in [3.63, 3.8) is 0 Å². The van der Waals surface area contributed by atoms with E-state index in [1.807, 2.05) is 0 Å². The predicted octanol–water partition coefficient (Wildman–Crippen LogP) is 1.82. The van der Waals surface area contributed by atoms with Crippen LogP contribution < -0.4 is 5.73 Å². The van der Waals surface area contributed by atoms with E-state index in [1.165, 1.54) is 23.1 Å². The summed E-state index contributed by atoms with van der Waals surface area (Å²) in [6.45, 7) is 0. The summed E-state index contributed by atoms with van der Waals surface area (Å²) in [7, 11) is 0. The number of rotatable bonds is 2. The van der Waals surface area contributed by atoms with Gasteiger partial charge in [0.25, 0.3) is 0 Å². The molecule has 2 aromatic rings. The molecule has 0 spiro atoms. The van der Waals surface area contributed by atoms with Crippen molar-refractivity contribution >= 4 is 45.0 Å². The molecule has 2 N–H and O–H groups in total. The summed E-state index contributed by atoms with van der Waals surface area (Å²) in [6, 6.07) is 0. The van der Waals surface area contributed by atoms with Gasteiger partial charge in [0.05, 0.1) is 4.47 Å². The third-order valence-corrected chi connectivity index (χ3v) is 3.88. The highest BCUT2D eigenvalue weighted by molar-refractivity contribution is 9.10. The first kappa shape index (κ1) is 9.81. The van der Waals surface area contributed by atoms with Crippen molar-refractivity contribution in [2.24, 2.45) is 0 Å². The smallest absolute Gasteiger partial charge is 0.221 e. The lowest BCUT2D eigenvalue weighted by Gasteiger charge is -1.99. The van der Waals surface area contributed by atoms with Crippen LogP contribution in [0.3, 0.4) is 0 Å². The summed E-state index contributed by atoms with van der Waals surface area (Å²) in [5, 5.41) is 8.36. The van der Waals surface area contributed by atoms with Crippen molar-refractivity contribution in [3.05, 3.63) is 16.2 Å². The van der Waals surface area contributed by atoms with Crippen LogP contribution in [0.5, 0.6) is 0 Å². The van der Waals surface area contributed by atoms with E-state index in [4.69, 9.17) is 5.73 Å². The topological polar surface area (TPSA) is 77.6 Å². The Hall–Kier alpha value is -0.730. The van der Waals surface area contributed by atoms with Crippen LogP contribution in [0.1, 0.15) is 0 Å². The Morgan fingerprint density at radius 1 is 1.50 bits per heavy atom. The Labute approximate surface area is 96.3 Å². The van der Waals surface area contributed by atoms with Crippen LogP contribution in [-0.4, -0.2) is 20.2 Å². The lowest BCUT2D eigenvalue weighted by Crippen LogP contribution is -1.95. The van der Waals surface area contributed by atoms with Crippen molar-refractivity contribution < 1.29 is 0 Å². The van der Waals surface area contributed by atoms with Gasteiger partial charge in [-0.2, -0.15) is 0 Å². The summed E-state index contributed by atoms with van der Waals surface area (Å²) in [5.41, 5.74) is 7.13. The molecular formula is C6H4BrN5S2. The highest BCUT2D eigenvalue weighted by atomic mass is 79.9. The van der Waals surface area contributed by atoms with E-state index < -0.39 is 0 Å². The van der Waals surface area contributed by atoms with Gasteiger partial charge in [-0.1, -0.05) is 11.3 Å². The number of nitrogens with zero attached hydrogens (tertiary/aromatic N) is 4. The molecule has 0 unspecified atom stereocenters. The molecule has 0 atom stereocenters. The lowest BCUT2D eigenvalue weighted by atomic mass is 10.7. The zero-order valence-corrected chi connectivity index (χ0v) is 9.93. The van der Waals surface area contributed by atoms with Gasteiger partial charge in [0, 0.05) is 6.20 Å². The van der Waals surface area contributed by atoms with Gasteiger partial charge < -0.3 is 5.73 Å². The summed E-state index contributed by atoms with van der Waals surface area (Å²) in [6.07, 6.45) is 1.62. The van der Waals surface area contributed by atoms with Gasteiger partial charge in [-0.15, -0.1) is 10.2 Å². The van der Waals surface area contributed by atoms with Crippen LogP contribution in [0, 0.1) is 0 Å².